The zero-order valence-electron chi connectivity index (χ0n) is 8.46. The summed E-state index contributed by atoms with van der Waals surface area (Å²) in [7, 11) is 0. The predicted octanol–water partition coefficient (Wildman–Crippen LogP) is 0.0153. The van der Waals surface area contributed by atoms with Crippen LogP contribution in [-0.2, 0) is 4.79 Å². The van der Waals surface area contributed by atoms with E-state index < -0.39 is 5.97 Å². The van der Waals surface area contributed by atoms with E-state index in [0.717, 1.165) is 11.4 Å². The summed E-state index contributed by atoms with van der Waals surface area (Å²) >= 11 is 5.52. The molecule has 1 N–H and O–H groups in total. The second-order valence-corrected chi connectivity index (χ2v) is 2.80. The van der Waals surface area contributed by atoms with Gasteiger partial charge in [-0.2, -0.15) is 30.3 Å². The molecule has 1 aromatic carbocycles. The molecule has 4 heteroatoms. The molecule has 2 nitrogen and oxygen atoms in total. The van der Waals surface area contributed by atoms with Crippen molar-refractivity contribution in [1.29, 1.82) is 0 Å². The number of hydrogen-bond acceptors (Lipinski definition) is 1. The molecule has 72 valence electrons. The molecule has 0 bridgehead atoms. The van der Waals surface area contributed by atoms with Gasteiger partial charge in [-0.3, -0.25) is 4.79 Å². The van der Waals surface area contributed by atoms with E-state index in [1.54, 1.807) is 24.3 Å². The number of carboxylic acid groups (broad SMARTS) is 1. The van der Waals surface area contributed by atoms with Gasteiger partial charge < -0.3 is 5.11 Å². The van der Waals surface area contributed by atoms with Crippen LogP contribution in [0.1, 0.15) is 19.8 Å². The molecule has 0 heterocycles. The summed E-state index contributed by atoms with van der Waals surface area (Å²) in [5.41, 5.74) is 0. The van der Waals surface area contributed by atoms with E-state index in [-0.39, 0.29) is 29.6 Å². The van der Waals surface area contributed by atoms with Crippen LogP contribution in [-0.4, -0.2) is 11.1 Å². The van der Waals surface area contributed by atoms with Crippen LogP contribution in [0.15, 0.2) is 24.3 Å². The third kappa shape index (κ3) is 12.0. The molecule has 0 unspecified atom stereocenters. The standard InChI is InChI=1S/C6H4Cl.C4H8O2.Na/c7-6-4-2-1-3-5-6;1-2-3-4(5)6;/h2-5H;2-3H2,1H3,(H,5,6);/q-1;;+1. The zero-order valence-corrected chi connectivity index (χ0v) is 11.2. The maximum Gasteiger partial charge on any atom is 1.00 e. The van der Waals surface area contributed by atoms with Crippen molar-refractivity contribution < 1.29 is 39.5 Å². The first-order valence-electron chi connectivity index (χ1n) is 4.00. The monoisotopic (exact) mass is 222 g/mol. The molecule has 0 aromatic heterocycles. The molecule has 0 aliphatic rings. The molecular weight excluding hydrogens is 211 g/mol. The van der Waals surface area contributed by atoms with Crippen molar-refractivity contribution in [3.05, 3.63) is 35.4 Å². The van der Waals surface area contributed by atoms with Gasteiger partial charge in [0.05, 0.1) is 0 Å². The van der Waals surface area contributed by atoms with E-state index in [1.165, 1.54) is 0 Å². The van der Waals surface area contributed by atoms with Gasteiger partial charge in [0.1, 0.15) is 0 Å². The summed E-state index contributed by atoms with van der Waals surface area (Å²) < 4.78 is 0. The van der Waals surface area contributed by atoms with Crippen molar-refractivity contribution in [2.45, 2.75) is 19.8 Å². The minimum absolute atomic E-state index is 0. The maximum atomic E-state index is 9.60. The number of hydrogen-bond donors (Lipinski definition) is 1. The summed E-state index contributed by atoms with van der Waals surface area (Å²) in [6.45, 7) is 1.84. The summed E-state index contributed by atoms with van der Waals surface area (Å²) in [4.78, 5) is 9.60. The van der Waals surface area contributed by atoms with E-state index in [9.17, 15) is 4.79 Å². The summed E-state index contributed by atoms with van der Waals surface area (Å²) in [5, 5.41) is 8.68. The van der Waals surface area contributed by atoms with Crippen LogP contribution in [0.2, 0.25) is 5.02 Å². The van der Waals surface area contributed by atoms with E-state index in [0.29, 0.717) is 6.42 Å². The summed E-state index contributed by atoms with van der Waals surface area (Å²) in [6.07, 6.45) is 1.02. The van der Waals surface area contributed by atoms with E-state index >= 15 is 0 Å². The van der Waals surface area contributed by atoms with Crippen LogP contribution in [0.3, 0.4) is 0 Å². The number of rotatable bonds is 2. The Bertz CT molecular complexity index is 239. The Kier molecular flexibility index (Phi) is 13.0. The number of benzene rings is 1. The van der Waals surface area contributed by atoms with Crippen molar-refractivity contribution in [3.63, 3.8) is 0 Å². The first-order valence-corrected chi connectivity index (χ1v) is 4.38. The molecule has 0 radical (unpaired) electrons. The molecule has 1 rings (SSSR count). The fraction of sp³-hybridized carbons (Fsp3) is 0.300. The van der Waals surface area contributed by atoms with Gasteiger partial charge >= 0.3 is 35.5 Å². The van der Waals surface area contributed by atoms with Crippen molar-refractivity contribution in [2.75, 3.05) is 0 Å². The van der Waals surface area contributed by atoms with Gasteiger partial charge in [0, 0.05) is 6.42 Å². The molecule has 0 aliphatic heterocycles. The van der Waals surface area contributed by atoms with Crippen LogP contribution in [0.25, 0.3) is 0 Å². The smallest absolute Gasteiger partial charge is 0.481 e. The molecule has 0 saturated carbocycles. The Hall–Kier alpha value is -0.0200. The number of carboxylic acids is 1. The largest absolute Gasteiger partial charge is 1.00 e. The Labute approximate surface area is 112 Å². The minimum Gasteiger partial charge on any atom is -0.481 e. The van der Waals surface area contributed by atoms with E-state index in [4.69, 9.17) is 16.7 Å². The molecule has 0 atom stereocenters. The van der Waals surface area contributed by atoms with Crippen LogP contribution < -0.4 is 29.6 Å². The SMILES string of the molecule is CCCC(=O)O.Clc1cc[c-]cc1.[Na+]. The van der Waals surface area contributed by atoms with Crippen molar-refractivity contribution in [2.24, 2.45) is 0 Å². The average molecular weight is 223 g/mol. The molecule has 0 saturated heterocycles. The van der Waals surface area contributed by atoms with Gasteiger partial charge in [-0.25, -0.2) is 0 Å². The Morgan fingerprint density at radius 2 is 2.00 bits per heavy atom. The van der Waals surface area contributed by atoms with Crippen molar-refractivity contribution in [1.82, 2.24) is 0 Å². The molecule has 0 aliphatic carbocycles. The fourth-order valence-electron chi connectivity index (χ4n) is 0.580. The molecule has 0 amide bonds. The molecule has 14 heavy (non-hydrogen) atoms. The Morgan fingerprint density at radius 3 is 2.14 bits per heavy atom. The van der Waals surface area contributed by atoms with Crippen LogP contribution in [0.4, 0.5) is 0 Å². The zero-order chi connectivity index (χ0) is 10.1. The second kappa shape index (κ2) is 11.1. The molecule has 0 spiro atoms. The van der Waals surface area contributed by atoms with Gasteiger partial charge in [-0.15, -0.1) is 11.6 Å². The van der Waals surface area contributed by atoms with Gasteiger partial charge in [0.2, 0.25) is 0 Å². The summed E-state index contributed by atoms with van der Waals surface area (Å²) in [5.74, 6) is -0.711. The number of carbonyl (C=O) groups is 1. The summed E-state index contributed by atoms with van der Waals surface area (Å²) in [6, 6.07) is 10.00. The molecule has 1 aromatic rings. The van der Waals surface area contributed by atoms with Gasteiger partial charge in [-0.1, -0.05) is 11.9 Å². The van der Waals surface area contributed by atoms with Gasteiger partial charge in [0.15, 0.2) is 0 Å². The average Bonchev–Trinajstić information content (AvgIpc) is 2.06. The quantitative estimate of drug-likeness (QED) is 0.566. The van der Waals surface area contributed by atoms with Crippen LogP contribution in [0, 0.1) is 6.07 Å². The first kappa shape index (κ1) is 16.4. The van der Waals surface area contributed by atoms with Crippen LogP contribution in [0.5, 0.6) is 0 Å². The normalized spacial score (nSPS) is 7.86. The predicted molar refractivity (Wildman–Crippen MR) is 52.8 cm³/mol. The number of aliphatic carboxylic acids is 1. The fourth-order valence-corrected chi connectivity index (χ4v) is 0.706. The van der Waals surface area contributed by atoms with Crippen molar-refractivity contribution >= 4 is 17.6 Å². The van der Waals surface area contributed by atoms with Gasteiger partial charge in [0.25, 0.3) is 0 Å². The second-order valence-electron chi connectivity index (χ2n) is 2.36. The third-order valence-corrected chi connectivity index (χ3v) is 1.39. The van der Waals surface area contributed by atoms with Crippen LogP contribution >= 0.6 is 11.6 Å². The topological polar surface area (TPSA) is 37.3 Å². The van der Waals surface area contributed by atoms with E-state index in [1.807, 2.05) is 6.92 Å². The Morgan fingerprint density at radius 1 is 1.50 bits per heavy atom. The first-order chi connectivity index (χ1) is 6.16. The molecule has 0 fully saturated rings. The van der Waals surface area contributed by atoms with E-state index in [2.05, 4.69) is 6.07 Å². The third-order valence-electron chi connectivity index (χ3n) is 1.14. The van der Waals surface area contributed by atoms with Crippen molar-refractivity contribution in [3.8, 4) is 0 Å². The Balaban J connectivity index is 0. The maximum absolute atomic E-state index is 9.60. The minimum atomic E-state index is -0.711. The number of halogens is 1. The van der Waals surface area contributed by atoms with Gasteiger partial charge in [-0.05, 0) is 6.42 Å². The molecular formula is C10H12ClNaO2.